The van der Waals surface area contributed by atoms with Crippen molar-refractivity contribution in [2.75, 3.05) is 0 Å². The zero-order valence-electron chi connectivity index (χ0n) is 9.20. The molecule has 86 valence electrons. The van der Waals surface area contributed by atoms with E-state index in [1.54, 1.807) is 4.68 Å². The van der Waals surface area contributed by atoms with Gasteiger partial charge in [0.1, 0.15) is 5.39 Å². The number of nitrogens with one attached hydrogen (secondary N) is 1. The van der Waals surface area contributed by atoms with Crippen LogP contribution in [0.2, 0.25) is 5.28 Å². The lowest BCUT2D eigenvalue weighted by Gasteiger charge is -2.05. The summed E-state index contributed by atoms with van der Waals surface area (Å²) in [5.41, 5.74) is 0.306. The van der Waals surface area contributed by atoms with Crippen LogP contribution < -0.4 is 5.56 Å². The van der Waals surface area contributed by atoms with Gasteiger partial charge in [-0.15, -0.1) is 0 Å². The average Bonchev–Trinajstić information content (AvgIpc) is 2.58. The number of aryl methyl sites for hydroxylation is 1. The van der Waals surface area contributed by atoms with Crippen molar-refractivity contribution in [1.82, 2.24) is 19.7 Å². The Balaban J connectivity index is 2.44. The highest BCUT2D eigenvalue weighted by molar-refractivity contribution is 6.28. The topological polar surface area (TPSA) is 63.6 Å². The maximum atomic E-state index is 11.5. The van der Waals surface area contributed by atoms with Gasteiger partial charge in [0.05, 0.1) is 6.20 Å². The van der Waals surface area contributed by atoms with Gasteiger partial charge in [0, 0.05) is 6.54 Å². The molecule has 2 heterocycles. The van der Waals surface area contributed by atoms with Gasteiger partial charge in [-0.2, -0.15) is 10.1 Å². The van der Waals surface area contributed by atoms with E-state index >= 15 is 0 Å². The molecule has 1 N–H and O–H groups in total. The Morgan fingerprint density at radius 2 is 2.31 bits per heavy atom. The van der Waals surface area contributed by atoms with Gasteiger partial charge in [-0.3, -0.25) is 9.78 Å². The first-order chi connectivity index (χ1) is 7.58. The van der Waals surface area contributed by atoms with Crippen LogP contribution >= 0.6 is 11.6 Å². The Bertz CT molecular complexity index is 557. The Hall–Kier alpha value is -1.36. The number of halogens is 1. The van der Waals surface area contributed by atoms with Crippen molar-refractivity contribution < 1.29 is 0 Å². The van der Waals surface area contributed by atoms with E-state index in [0.29, 0.717) is 17.0 Å². The van der Waals surface area contributed by atoms with Crippen molar-refractivity contribution in [1.29, 1.82) is 0 Å². The number of aromatic amines is 1. The predicted octanol–water partition coefficient (Wildman–Crippen LogP) is 1.82. The fourth-order valence-electron chi connectivity index (χ4n) is 1.48. The van der Waals surface area contributed by atoms with E-state index in [0.717, 1.165) is 13.0 Å². The zero-order chi connectivity index (χ0) is 11.7. The summed E-state index contributed by atoms with van der Waals surface area (Å²) in [6.07, 6.45) is 2.51. The molecule has 5 nitrogen and oxygen atoms in total. The standard InChI is InChI=1S/C10H13ClN4O/c1-6(2)3-4-15-8-7(5-12-15)9(16)14-10(11)13-8/h5-6H,3-4H2,1-2H3,(H,13,14,16). The Morgan fingerprint density at radius 3 is 3.00 bits per heavy atom. The molecular formula is C10H13ClN4O. The molecule has 0 saturated heterocycles. The SMILES string of the molecule is CC(C)CCn1ncc2c(=O)[nH]c(Cl)nc21. The molecule has 0 saturated carbocycles. The van der Waals surface area contributed by atoms with Gasteiger partial charge in [0.2, 0.25) is 5.28 Å². The second kappa shape index (κ2) is 4.25. The van der Waals surface area contributed by atoms with E-state index in [4.69, 9.17) is 11.6 Å². The van der Waals surface area contributed by atoms with E-state index in [1.807, 2.05) is 0 Å². The summed E-state index contributed by atoms with van der Waals surface area (Å²) < 4.78 is 1.72. The van der Waals surface area contributed by atoms with Gasteiger partial charge in [-0.1, -0.05) is 13.8 Å². The molecule has 6 heteroatoms. The molecule has 0 atom stereocenters. The zero-order valence-corrected chi connectivity index (χ0v) is 9.95. The quantitative estimate of drug-likeness (QED) is 0.833. The van der Waals surface area contributed by atoms with Crippen LogP contribution in [0.3, 0.4) is 0 Å². The van der Waals surface area contributed by atoms with Crippen molar-refractivity contribution in [3.05, 3.63) is 21.8 Å². The van der Waals surface area contributed by atoms with Crippen LogP contribution in [0, 0.1) is 5.92 Å². The highest BCUT2D eigenvalue weighted by Gasteiger charge is 2.09. The Kier molecular flexibility index (Phi) is 2.96. The normalized spacial score (nSPS) is 11.5. The summed E-state index contributed by atoms with van der Waals surface area (Å²) in [7, 11) is 0. The number of fused-ring (bicyclic) bond motifs is 1. The fraction of sp³-hybridized carbons (Fsp3) is 0.500. The molecule has 0 unspecified atom stereocenters. The third kappa shape index (κ3) is 2.09. The van der Waals surface area contributed by atoms with Crippen molar-refractivity contribution >= 4 is 22.6 Å². The number of rotatable bonds is 3. The first-order valence-corrected chi connectivity index (χ1v) is 5.57. The number of hydrogen-bond acceptors (Lipinski definition) is 3. The largest absolute Gasteiger partial charge is 0.296 e. The average molecular weight is 241 g/mol. The first kappa shape index (κ1) is 11.1. The molecule has 0 aliphatic carbocycles. The summed E-state index contributed by atoms with van der Waals surface area (Å²) in [4.78, 5) is 18.0. The van der Waals surface area contributed by atoms with Gasteiger partial charge < -0.3 is 0 Å². The van der Waals surface area contributed by atoms with Gasteiger partial charge in [-0.05, 0) is 23.9 Å². The predicted molar refractivity (Wildman–Crippen MR) is 62.6 cm³/mol. The monoisotopic (exact) mass is 240 g/mol. The molecule has 0 aliphatic rings. The molecule has 0 radical (unpaired) electrons. The second-order valence-corrected chi connectivity index (χ2v) is 4.50. The molecule has 0 aromatic carbocycles. The number of nitrogens with zero attached hydrogens (tertiary/aromatic N) is 3. The minimum absolute atomic E-state index is 0.101. The maximum Gasteiger partial charge on any atom is 0.262 e. The van der Waals surface area contributed by atoms with Crippen LogP contribution in [-0.2, 0) is 6.54 Å². The van der Waals surface area contributed by atoms with Crippen LogP contribution in [0.4, 0.5) is 0 Å². The molecule has 0 aliphatic heterocycles. The van der Waals surface area contributed by atoms with Gasteiger partial charge in [-0.25, -0.2) is 4.68 Å². The van der Waals surface area contributed by atoms with E-state index in [1.165, 1.54) is 6.20 Å². The molecule has 0 bridgehead atoms. The number of hydrogen-bond donors (Lipinski definition) is 1. The summed E-state index contributed by atoms with van der Waals surface area (Å²) in [5.74, 6) is 0.580. The molecule has 16 heavy (non-hydrogen) atoms. The van der Waals surface area contributed by atoms with Crippen molar-refractivity contribution in [2.45, 2.75) is 26.8 Å². The lowest BCUT2D eigenvalue weighted by atomic mass is 10.1. The summed E-state index contributed by atoms with van der Waals surface area (Å²) in [6.45, 7) is 5.02. The van der Waals surface area contributed by atoms with E-state index < -0.39 is 0 Å². The minimum Gasteiger partial charge on any atom is -0.296 e. The highest BCUT2D eigenvalue weighted by Crippen LogP contribution is 2.10. The Labute approximate surface area is 97.4 Å². The number of H-pyrrole nitrogens is 1. The van der Waals surface area contributed by atoms with Gasteiger partial charge >= 0.3 is 0 Å². The lowest BCUT2D eigenvalue weighted by Crippen LogP contribution is -2.09. The second-order valence-electron chi connectivity index (χ2n) is 4.14. The first-order valence-electron chi connectivity index (χ1n) is 5.19. The third-order valence-electron chi connectivity index (χ3n) is 2.40. The molecule has 0 fully saturated rings. The van der Waals surface area contributed by atoms with E-state index in [-0.39, 0.29) is 10.8 Å². The maximum absolute atomic E-state index is 11.5. The van der Waals surface area contributed by atoms with Crippen molar-refractivity contribution in [3.8, 4) is 0 Å². The van der Waals surface area contributed by atoms with Crippen LogP contribution in [0.1, 0.15) is 20.3 Å². The molecule has 2 aromatic heterocycles. The minimum atomic E-state index is -0.245. The van der Waals surface area contributed by atoms with Gasteiger partial charge in [0.15, 0.2) is 5.65 Å². The molecule has 2 aromatic rings. The number of aromatic nitrogens is 4. The van der Waals surface area contributed by atoms with Gasteiger partial charge in [0.25, 0.3) is 5.56 Å². The third-order valence-corrected chi connectivity index (χ3v) is 2.57. The van der Waals surface area contributed by atoms with Crippen molar-refractivity contribution in [3.63, 3.8) is 0 Å². The van der Waals surface area contributed by atoms with Crippen LogP contribution in [-0.4, -0.2) is 19.7 Å². The molecular weight excluding hydrogens is 228 g/mol. The fourth-order valence-corrected chi connectivity index (χ4v) is 1.65. The van der Waals surface area contributed by atoms with E-state index in [9.17, 15) is 4.79 Å². The lowest BCUT2D eigenvalue weighted by molar-refractivity contribution is 0.494. The highest BCUT2D eigenvalue weighted by atomic mass is 35.5. The van der Waals surface area contributed by atoms with Crippen LogP contribution in [0.15, 0.2) is 11.0 Å². The Morgan fingerprint density at radius 1 is 1.56 bits per heavy atom. The smallest absolute Gasteiger partial charge is 0.262 e. The summed E-state index contributed by atoms with van der Waals surface area (Å²) in [6, 6.07) is 0. The van der Waals surface area contributed by atoms with Crippen molar-refractivity contribution in [2.24, 2.45) is 5.92 Å². The van der Waals surface area contributed by atoms with E-state index in [2.05, 4.69) is 28.9 Å². The molecule has 0 spiro atoms. The molecule has 2 rings (SSSR count). The van der Waals surface area contributed by atoms with Crippen LogP contribution in [0.25, 0.3) is 11.0 Å². The summed E-state index contributed by atoms with van der Waals surface area (Å²) in [5, 5.41) is 4.73. The van der Waals surface area contributed by atoms with Crippen LogP contribution in [0.5, 0.6) is 0 Å². The summed E-state index contributed by atoms with van der Waals surface area (Å²) >= 11 is 5.71. The molecule has 0 amide bonds.